The van der Waals surface area contributed by atoms with Crippen LogP contribution in [0.1, 0.15) is 61.0 Å². The zero-order valence-corrected chi connectivity index (χ0v) is 23.7. The predicted molar refractivity (Wildman–Crippen MR) is 156 cm³/mol. The number of likely N-dealkylation sites (tertiary alicyclic amines) is 1. The summed E-state index contributed by atoms with van der Waals surface area (Å²) in [7, 11) is 1.80. The number of ether oxygens (including phenoxy) is 1. The van der Waals surface area contributed by atoms with E-state index >= 15 is 0 Å². The highest BCUT2D eigenvalue weighted by Crippen LogP contribution is 2.38. The lowest BCUT2D eigenvalue weighted by Gasteiger charge is -2.35. The van der Waals surface area contributed by atoms with E-state index in [4.69, 9.17) is 10.5 Å². The number of nitrogens with one attached hydrogen (secondary N) is 1. The lowest BCUT2D eigenvalue weighted by molar-refractivity contribution is -0.141. The first-order valence-corrected chi connectivity index (χ1v) is 14.6. The van der Waals surface area contributed by atoms with Gasteiger partial charge in [0.15, 0.2) is 0 Å². The van der Waals surface area contributed by atoms with E-state index in [-0.39, 0.29) is 36.2 Å². The van der Waals surface area contributed by atoms with Crippen molar-refractivity contribution in [2.24, 2.45) is 24.6 Å². The highest BCUT2D eigenvalue weighted by molar-refractivity contribution is 6.01. The first kappa shape index (κ1) is 28.8. The molecule has 1 saturated carbocycles. The van der Waals surface area contributed by atoms with Crippen LogP contribution in [-0.2, 0) is 21.4 Å². The van der Waals surface area contributed by atoms with Crippen molar-refractivity contribution < 1.29 is 23.5 Å². The predicted octanol–water partition coefficient (Wildman–Crippen LogP) is 4.78. The summed E-state index contributed by atoms with van der Waals surface area (Å²) in [6, 6.07) is 16.0. The molecule has 1 aromatic heterocycles. The normalized spacial score (nSPS) is 23.4. The fourth-order valence-corrected chi connectivity index (χ4v) is 6.61. The van der Waals surface area contributed by atoms with E-state index in [0.29, 0.717) is 37.2 Å². The number of anilines is 1. The number of hydrogen-bond donors (Lipinski definition) is 2. The van der Waals surface area contributed by atoms with Crippen LogP contribution >= 0.6 is 0 Å². The molecular formula is C32H39FN4O4. The molecule has 218 valence electrons. The van der Waals surface area contributed by atoms with Crippen LogP contribution in [0.25, 0.3) is 10.9 Å². The first-order valence-electron chi connectivity index (χ1n) is 14.6. The molecule has 2 amide bonds. The first-order chi connectivity index (χ1) is 19.8. The van der Waals surface area contributed by atoms with Crippen LogP contribution in [0.3, 0.4) is 0 Å². The number of alkyl halides is 1. The van der Waals surface area contributed by atoms with E-state index in [9.17, 15) is 18.8 Å². The van der Waals surface area contributed by atoms with Crippen molar-refractivity contribution in [2.45, 2.75) is 57.0 Å². The van der Waals surface area contributed by atoms with Gasteiger partial charge < -0.3 is 25.3 Å². The van der Waals surface area contributed by atoms with Gasteiger partial charge in [-0.25, -0.2) is 9.18 Å². The molecule has 1 saturated heterocycles. The van der Waals surface area contributed by atoms with Crippen LogP contribution in [0, 0.1) is 11.8 Å². The van der Waals surface area contributed by atoms with Crippen molar-refractivity contribution in [3.8, 4) is 0 Å². The Morgan fingerprint density at radius 3 is 2.46 bits per heavy atom. The Morgan fingerprint density at radius 1 is 1.05 bits per heavy atom. The summed E-state index contributed by atoms with van der Waals surface area (Å²) in [5.41, 5.74) is 8.83. The van der Waals surface area contributed by atoms with Crippen molar-refractivity contribution in [3.05, 3.63) is 65.9 Å². The maximum atomic E-state index is 13.9. The summed E-state index contributed by atoms with van der Waals surface area (Å²) in [6.45, 7) is 2.00. The zero-order chi connectivity index (χ0) is 29.1. The van der Waals surface area contributed by atoms with Gasteiger partial charge in [0, 0.05) is 48.1 Å². The van der Waals surface area contributed by atoms with E-state index < -0.39 is 24.7 Å². The number of nitrogens with zero attached hydrogens (tertiary/aromatic N) is 2. The third-order valence-electron chi connectivity index (χ3n) is 8.88. The monoisotopic (exact) mass is 562 g/mol. The number of aryl methyl sites for hydroxylation is 1. The summed E-state index contributed by atoms with van der Waals surface area (Å²) >= 11 is 0. The number of nitrogens with two attached hydrogens (primary N) is 1. The van der Waals surface area contributed by atoms with Gasteiger partial charge in [0.1, 0.15) is 18.4 Å². The second kappa shape index (κ2) is 12.4. The minimum Gasteiger partial charge on any atom is -0.461 e. The van der Waals surface area contributed by atoms with Crippen LogP contribution < -0.4 is 11.1 Å². The van der Waals surface area contributed by atoms with Gasteiger partial charge in [0.05, 0.1) is 6.61 Å². The maximum Gasteiger partial charge on any atom is 0.354 e. The number of rotatable bonds is 8. The summed E-state index contributed by atoms with van der Waals surface area (Å²) in [5, 5.41) is 3.86. The Bertz CT molecular complexity index is 1400. The van der Waals surface area contributed by atoms with Crippen molar-refractivity contribution >= 4 is 34.4 Å². The number of aromatic nitrogens is 1. The van der Waals surface area contributed by atoms with Crippen LogP contribution in [0.2, 0.25) is 0 Å². The molecule has 41 heavy (non-hydrogen) atoms. The lowest BCUT2D eigenvalue weighted by Crippen LogP contribution is -2.48. The third kappa shape index (κ3) is 5.86. The standard InChI is InChI=1S/C32H39FN4O4/c1-3-41-32(40)28-18-23-17-24(13-14-27(23)36(28)2)35-30(38)29-25(20-7-5-4-6-8-20)15-16-37(29)31(39)22-11-9-21(10-12-22)26(34)19-33/h4-8,13-14,17-18,21-22,25-26,29H,3,9-12,15-16,19,34H2,1-2H3,(H,35,38)/t21?,22?,25-,26?,29-/m0/s1. The van der Waals surface area contributed by atoms with Crippen molar-refractivity contribution in [3.63, 3.8) is 0 Å². The smallest absolute Gasteiger partial charge is 0.354 e. The molecular weight excluding hydrogens is 523 g/mol. The molecule has 1 aliphatic carbocycles. The molecule has 5 rings (SSSR count). The van der Waals surface area contributed by atoms with Gasteiger partial charge in [-0.15, -0.1) is 0 Å². The maximum absolute atomic E-state index is 13.9. The minimum absolute atomic E-state index is 0.00607. The molecule has 9 heteroatoms. The van der Waals surface area contributed by atoms with Gasteiger partial charge in [-0.2, -0.15) is 0 Å². The molecule has 0 radical (unpaired) electrons. The molecule has 2 aromatic carbocycles. The van der Waals surface area contributed by atoms with Crippen LogP contribution in [0.5, 0.6) is 0 Å². The number of hydrogen-bond acceptors (Lipinski definition) is 5. The Morgan fingerprint density at radius 2 is 1.78 bits per heavy atom. The number of amides is 2. The van der Waals surface area contributed by atoms with Crippen LogP contribution in [0.15, 0.2) is 54.6 Å². The molecule has 0 bridgehead atoms. The van der Waals surface area contributed by atoms with E-state index in [2.05, 4.69) is 5.32 Å². The zero-order valence-electron chi connectivity index (χ0n) is 23.7. The van der Waals surface area contributed by atoms with Crippen molar-refractivity contribution in [1.29, 1.82) is 0 Å². The average Bonchev–Trinajstić information content (AvgIpc) is 3.58. The van der Waals surface area contributed by atoms with Crippen LogP contribution in [-0.4, -0.2) is 59.2 Å². The van der Waals surface area contributed by atoms with Gasteiger partial charge in [-0.05, 0) is 74.8 Å². The number of esters is 1. The number of carbonyl (C=O) groups is 3. The van der Waals surface area contributed by atoms with Gasteiger partial charge >= 0.3 is 5.97 Å². The Kier molecular flexibility index (Phi) is 8.73. The molecule has 1 unspecified atom stereocenters. The highest BCUT2D eigenvalue weighted by Gasteiger charge is 2.44. The molecule has 2 aliphatic rings. The average molecular weight is 563 g/mol. The van der Waals surface area contributed by atoms with Gasteiger partial charge in [0.25, 0.3) is 0 Å². The van der Waals surface area contributed by atoms with E-state index in [1.165, 1.54) is 0 Å². The fourth-order valence-electron chi connectivity index (χ4n) is 6.61. The number of fused-ring (bicyclic) bond motifs is 1. The lowest BCUT2D eigenvalue weighted by atomic mass is 9.78. The highest BCUT2D eigenvalue weighted by atomic mass is 19.1. The fraction of sp³-hybridized carbons (Fsp3) is 0.469. The Balaban J connectivity index is 1.37. The van der Waals surface area contributed by atoms with Gasteiger partial charge in [-0.3, -0.25) is 9.59 Å². The molecule has 8 nitrogen and oxygen atoms in total. The minimum atomic E-state index is -0.655. The summed E-state index contributed by atoms with van der Waals surface area (Å²) in [4.78, 5) is 41.9. The molecule has 1 aliphatic heterocycles. The molecule has 3 N–H and O–H groups in total. The second-order valence-corrected chi connectivity index (χ2v) is 11.3. The molecule has 2 fully saturated rings. The van der Waals surface area contributed by atoms with Gasteiger partial charge in [0.2, 0.25) is 11.8 Å². The topological polar surface area (TPSA) is 107 Å². The van der Waals surface area contributed by atoms with Crippen LogP contribution in [0.4, 0.5) is 10.1 Å². The second-order valence-electron chi connectivity index (χ2n) is 11.3. The number of halogens is 1. The summed E-state index contributed by atoms with van der Waals surface area (Å²) in [5.74, 6) is -0.872. The Hall–Kier alpha value is -3.72. The molecule has 0 spiro atoms. The van der Waals surface area contributed by atoms with Crippen molar-refractivity contribution in [2.75, 3.05) is 25.1 Å². The largest absolute Gasteiger partial charge is 0.461 e. The third-order valence-corrected chi connectivity index (χ3v) is 8.88. The summed E-state index contributed by atoms with van der Waals surface area (Å²) in [6.07, 6.45) is 3.45. The summed E-state index contributed by atoms with van der Waals surface area (Å²) < 4.78 is 20.0. The number of carbonyl (C=O) groups excluding carboxylic acids is 3. The quantitative estimate of drug-likeness (QED) is 0.385. The molecule has 2 heterocycles. The molecule has 3 atom stereocenters. The number of benzene rings is 2. The molecule has 3 aromatic rings. The van der Waals surface area contributed by atoms with Crippen molar-refractivity contribution in [1.82, 2.24) is 9.47 Å². The van der Waals surface area contributed by atoms with E-state index in [1.54, 1.807) is 29.5 Å². The SMILES string of the molecule is CCOC(=O)c1cc2cc(NC(=O)[C@@H]3[C@H](c4ccccc4)CCN3C(=O)C3CCC(C(N)CF)CC3)ccc2n1C. The van der Waals surface area contributed by atoms with Gasteiger partial charge in [-0.1, -0.05) is 30.3 Å². The van der Waals surface area contributed by atoms with E-state index in [1.807, 2.05) is 48.5 Å². The Labute approximate surface area is 240 Å². The van der Waals surface area contributed by atoms with E-state index in [0.717, 1.165) is 29.3 Å².